The SMILES string of the molecule is C#CCN(CC=C)S(=O)(=O)c1ccc(C)cc1.[C-]#[O+].[C-]#[O+].[C-]#[O+].[C-]#[O+].[C-]#[O+].[C-]#[O+].[Co].[Co]. The average Bonchev–Trinajstić information content (AvgIpc) is 2.82. The van der Waals surface area contributed by atoms with Crippen LogP contribution >= 0.6 is 0 Å². The van der Waals surface area contributed by atoms with Crippen LogP contribution in [0.4, 0.5) is 0 Å². The molecule has 1 aromatic rings. The van der Waals surface area contributed by atoms with E-state index >= 15 is 0 Å². The Labute approximate surface area is 203 Å². The molecule has 9 nitrogen and oxygen atoms in total. The minimum atomic E-state index is -3.52. The predicted octanol–water partition coefficient (Wildman–Crippen LogP) is 1.57. The molecule has 0 aliphatic rings. The molecule has 0 aliphatic heterocycles. The third kappa shape index (κ3) is 27.9. The summed E-state index contributed by atoms with van der Waals surface area (Å²) in [6.07, 6.45) is 6.69. The smallest absolute Gasteiger partial charge is 0 e. The third-order valence-corrected chi connectivity index (χ3v) is 4.09. The first-order valence-electron chi connectivity index (χ1n) is 6.36. The largest absolute Gasteiger partial charge is 0 e. The van der Waals surface area contributed by atoms with Gasteiger partial charge in [-0.25, -0.2) is 8.42 Å². The molecule has 0 fully saturated rings. The molecule has 168 valence electrons. The monoisotopic (exact) mass is 535 g/mol. The Kier molecular flexibility index (Phi) is 76.8. The summed E-state index contributed by atoms with van der Waals surface area (Å²) in [6, 6.07) is 6.68. The van der Waals surface area contributed by atoms with Gasteiger partial charge in [0.25, 0.3) is 0 Å². The summed E-state index contributed by atoms with van der Waals surface area (Å²) in [7, 11) is -3.52. The fourth-order valence-corrected chi connectivity index (χ4v) is 2.68. The summed E-state index contributed by atoms with van der Waals surface area (Å²) >= 11 is 0. The van der Waals surface area contributed by atoms with Crippen molar-refractivity contribution in [3.8, 4) is 12.3 Å². The molecule has 1 aromatic carbocycles. The van der Waals surface area contributed by atoms with E-state index in [1.165, 1.54) is 10.4 Å². The summed E-state index contributed by atoms with van der Waals surface area (Å²) < 4.78 is 70.6. The zero-order valence-electron chi connectivity index (χ0n) is 15.9. The van der Waals surface area contributed by atoms with Crippen LogP contribution in [-0.2, 0) is 71.5 Å². The maximum atomic E-state index is 12.2. The Morgan fingerprint density at radius 2 is 1.23 bits per heavy atom. The number of nitrogens with zero attached hydrogens (tertiary/aromatic N) is 1. The number of hydrogen-bond donors (Lipinski definition) is 0. The minimum absolute atomic E-state index is 0. The van der Waals surface area contributed by atoms with Gasteiger partial charge >= 0.3 is 67.8 Å². The van der Waals surface area contributed by atoms with Crippen molar-refractivity contribution in [1.82, 2.24) is 4.31 Å². The molecular formula is C19H15Co2NO8S. The fourth-order valence-electron chi connectivity index (χ4n) is 1.35. The van der Waals surface area contributed by atoms with Gasteiger partial charge in [0.05, 0.1) is 11.4 Å². The van der Waals surface area contributed by atoms with Crippen molar-refractivity contribution in [2.75, 3.05) is 13.1 Å². The van der Waals surface area contributed by atoms with E-state index in [9.17, 15) is 8.42 Å². The van der Waals surface area contributed by atoms with Crippen LogP contribution < -0.4 is 0 Å². The first-order chi connectivity index (χ1) is 14.0. The van der Waals surface area contributed by atoms with E-state index in [0.29, 0.717) is 0 Å². The van der Waals surface area contributed by atoms with E-state index in [1.54, 1.807) is 24.3 Å². The molecule has 1 rings (SSSR count). The van der Waals surface area contributed by atoms with E-state index < -0.39 is 10.0 Å². The predicted molar refractivity (Wildman–Crippen MR) is 92.5 cm³/mol. The van der Waals surface area contributed by atoms with E-state index in [-0.39, 0.29) is 51.5 Å². The summed E-state index contributed by atoms with van der Waals surface area (Å²) in [5, 5.41) is 0. The standard InChI is InChI=1S/C13H15NO2S.6CO.2Co/c1-4-10-14(11-5-2)17(15,16)13-8-6-12(3)7-9-13;6*1-2;;/h1,5-9H,2,10-11H2,3H3;;;;;;;;. The number of rotatable bonds is 5. The van der Waals surface area contributed by atoms with E-state index in [2.05, 4.69) is 52.4 Å². The van der Waals surface area contributed by atoms with Crippen LogP contribution in [0.15, 0.2) is 41.8 Å². The first-order valence-corrected chi connectivity index (χ1v) is 7.80. The summed E-state index contributed by atoms with van der Waals surface area (Å²) in [4.78, 5) is 0.250. The minimum Gasteiger partial charge on any atom is 0 e. The van der Waals surface area contributed by atoms with Crippen LogP contribution in [0.3, 0.4) is 0 Å². The van der Waals surface area contributed by atoms with Crippen LogP contribution in [-0.4, -0.2) is 25.8 Å². The van der Waals surface area contributed by atoms with Gasteiger partial charge < -0.3 is 0 Å². The Bertz CT molecular complexity index is 740. The van der Waals surface area contributed by atoms with Gasteiger partial charge in [0, 0.05) is 40.1 Å². The molecule has 0 spiro atoms. The Balaban J connectivity index is -0.0000000545. The van der Waals surface area contributed by atoms with Gasteiger partial charge in [0.1, 0.15) is 0 Å². The topological polar surface area (TPSA) is 157 Å². The van der Waals surface area contributed by atoms with E-state index in [4.69, 9.17) is 34.3 Å². The molecule has 0 saturated heterocycles. The van der Waals surface area contributed by atoms with Crippen LogP contribution in [0.2, 0.25) is 0 Å². The van der Waals surface area contributed by atoms with Crippen molar-refractivity contribution >= 4 is 10.0 Å². The normalized spacial score (nSPS) is 6.48. The number of aryl methyl sites for hydroxylation is 1. The van der Waals surface area contributed by atoms with Gasteiger partial charge in [-0.1, -0.05) is 29.7 Å². The number of terminal acetylenes is 1. The van der Waals surface area contributed by atoms with Gasteiger partial charge in [-0.2, -0.15) is 4.31 Å². The maximum absolute atomic E-state index is 12.2. The van der Waals surface area contributed by atoms with E-state index in [0.717, 1.165) is 5.56 Å². The molecule has 0 atom stereocenters. The molecule has 0 N–H and O–H groups in total. The molecule has 0 amide bonds. The third-order valence-electron chi connectivity index (χ3n) is 2.26. The van der Waals surface area contributed by atoms with Crippen molar-refractivity contribution < 1.29 is 69.9 Å². The second-order valence-corrected chi connectivity index (χ2v) is 5.54. The second-order valence-electron chi connectivity index (χ2n) is 3.60. The molecule has 0 heterocycles. The van der Waals surface area contributed by atoms with Crippen molar-refractivity contribution in [3.05, 3.63) is 82.4 Å². The Hall–Kier alpha value is -2.12. The van der Waals surface area contributed by atoms with Crippen molar-refractivity contribution in [2.24, 2.45) is 0 Å². The van der Waals surface area contributed by atoms with Gasteiger partial charge in [-0.05, 0) is 19.1 Å². The molecule has 2 radical (unpaired) electrons. The van der Waals surface area contributed by atoms with Gasteiger partial charge in [-0.3, -0.25) is 0 Å². The van der Waals surface area contributed by atoms with Crippen molar-refractivity contribution in [1.29, 1.82) is 0 Å². The maximum Gasteiger partial charge on any atom is 0 e. The molecule has 31 heavy (non-hydrogen) atoms. The molecule has 12 heteroatoms. The molecular weight excluding hydrogens is 520 g/mol. The Morgan fingerprint density at radius 1 is 0.903 bits per heavy atom. The fraction of sp³-hybridized carbons (Fsp3) is 0.158. The van der Waals surface area contributed by atoms with E-state index in [1.807, 2.05) is 6.92 Å². The van der Waals surface area contributed by atoms with Crippen molar-refractivity contribution in [2.45, 2.75) is 11.8 Å². The van der Waals surface area contributed by atoms with Gasteiger partial charge in [0.2, 0.25) is 10.0 Å². The Morgan fingerprint density at radius 3 is 1.48 bits per heavy atom. The number of hydrogen-bond acceptors (Lipinski definition) is 2. The summed E-state index contributed by atoms with van der Waals surface area (Å²) in [5.41, 5.74) is 1.01. The summed E-state index contributed by atoms with van der Waals surface area (Å²) in [5.74, 6) is 2.34. The molecule has 0 aliphatic carbocycles. The molecule has 0 unspecified atom stereocenters. The number of sulfonamides is 1. The quantitative estimate of drug-likeness (QED) is 0.243. The molecule has 0 saturated carbocycles. The average molecular weight is 535 g/mol. The first kappa shape index (κ1) is 51.5. The zero-order chi connectivity index (χ0) is 24.9. The van der Waals surface area contributed by atoms with Gasteiger partial charge in [0.15, 0.2) is 0 Å². The molecule has 0 bridgehead atoms. The van der Waals surface area contributed by atoms with Crippen LogP contribution in [0.25, 0.3) is 0 Å². The zero-order valence-corrected chi connectivity index (χ0v) is 18.8. The van der Waals surface area contributed by atoms with Gasteiger partial charge in [-0.15, -0.1) is 13.0 Å². The van der Waals surface area contributed by atoms with Crippen LogP contribution in [0.1, 0.15) is 5.56 Å². The second kappa shape index (κ2) is 46.2. The van der Waals surface area contributed by atoms with Crippen LogP contribution in [0.5, 0.6) is 0 Å². The van der Waals surface area contributed by atoms with Crippen LogP contribution in [0, 0.1) is 59.2 Å². The van der Waals surface area contributed by atoms with Crippen molar-refractivity contribution in [3.63, 3.8) is 0 Å². The number of benzene rings is 1. The summed E-state index contributed by atoms with van der Waals surface area (Å²) in [6.45, 7) is 32.7. The molecule has 0 aromatic heterocycles.